The van der Waals surface area contributed by atoms with Gasteiger partial charge < -0.3 is 4.90 Å². The Labute approximate surface area is 268 Å². The normalized spacial score (nSPS) is 18.0. The van der Waals surface area contributed by atoms with Crippen LogP contribution in [0.15, 0.2) is 36.4 Å². The van der Waals surface area contributed by atoms with Crippen LogP contribution < -0.4 is 10.4 Å². The summed E-state index contributed by atoms with van der Waals surface area (Å²) in [5.41, 5.74) is -0.916. The number of hydrogen-bond donors (Lipinski definition) is 2. The van der Waals surface area contributed by atoms with Crippen LogP contribution in [0.3, 0.4) is 0 Å². The van der Waals surface area contributed by atoms with Crippen molar-refractivity contribution >= 4 is 40.4 Å². The second-order valence-electron chi connectivity index (χ2n) is 11.7. The monoisotopic (exact) mass is 662 g/mol. The van der Waals surface area contributed by atoms with Gasteiger partial charge in [-0.3, -0.25) is 24.4 Å². The number of nitriles is 1. The standard InChI is InChI=1S/C30H34F4N8O3S/c1-29(2)27(44)42(21-14-22(30(32,33)34)24(15-35)36-16-21)28(46)41(29)17-20-11-10-19(13-23(20)31)25-18-40(39-37-25)12-8-6-4-3-5-7-9-26(43)38-45/h10,13-14,16,18,20,45H,3-9,11-12,17H2,1-2H3,(H,38,43). The van der Waals surface area contributed by atoms with E-state index in [1.54, 1.807) is 30.2 Å². The molecule has 1 fully saturated rings. The van der Waals surface area contributed by atoms with Gasteiger partial charge in [0.2, 0.25) is 5.91 Å². The zero-order valence-corrected chi connectivity index (χ0v) is 26.2. The predicted molar refractivity (Wildman–Crippen MR) is 162 cm³/mol. The smallest absolute Gasteiger partial charge is 0.334 e. The van der Waals surface area contributed by atoms with Gasteiger partial charge in [-0.15, -0.1) is 5.10 Å². The van der Waals surface area contributed by atoms with Crippen LogP contribution >= 0.6 is 12.2 Å². The van der Waals surface area contributed by atoms with Crippen molar-refractivity contribution in [2.45, 2.75) is 83.5 Å². The number of nitrogens with one attached hydrogen (secondary N) is 1. The number of aryl methyl sites for hydroxylation is 1. The number of nitrogens with zero attached hydrogens (tertiary/aromatic N) is 7. The molecule has 1 saturated heterocycles. The van der Waals surface area contributed by atoms with Crippen LogP contribution in [-0.2, 0) is 22.3 Å². The van der Waals surface area contributed by atoms with E-state index >= 15 is 4.39 Å². The van der Waals surface area contributed by atoms with Gasteiger partial charge in [-0.25, -0.2) is 14.9 Å². The highest BCUT2D eigenvalue weighted by Gasteiger charge is 2.51. The van der Waals surface area contributed by atoms with E-state index in [0.29, 0.717) is 30.3 Å². The van der Waals surface area contributed by atoms with Crippen LogP contribution in [0.4, 0.5) is 23.2 Å². The van der Waals surface area contributed by atoms with Crippen LogP contribution in [0.25, 0.3) is 5.57 Å². The minimum atomic E-state index is -4.87. The summed E-state index contributed by atoms with van der Waals surface area (Å²) in [5.74, 6) is -2.10. The Hall–Kier alpha value is -4.23. The number of carbonyl (C=O) groups is 2. The highest BCUT2D eigenvalue weighted by Crippen LogP contribution is 2.39. The molecular weight excluding hydrogens is 628 g/mol. The highest BCUT2D eigenvalue weighted by molar-refractivity contribution is 7.80. The van der Waals surface area contributed by atoms with Gasteiger partial charge in [0.1, 0.15) is 23.1 Å². The average molecular weight is 663 g/mol. The number of hydroxylamine groups is 1. The first kappa shape index (κ1) is 34.6. The van der Waals surface area contributed by atoms with Crippen LogP contribution in [0, 0.1) is 17.2 Å². The molecule has 3 heterocycles. The molecule has 2 N–H and O–H groups in total. The van der Waals surface area contributed by atoms with Crippen molar-refractivity contribution in [1.82, 2.24) is 30.4 Å². The quantitative estimate of drug-likeness (QED) is 0.0940. The number of thiocarbonyl (C=S) groups is 1. The molecule has 1 atom stereocenters. The van der Waals surface area contributed by atoms with E-state index in [2.05, 4.69) is 15.3 Å². The van der Waals surface area contributed by atoms with Crippen LogP contribution in [0.2, 0.25) is 0 Å². The molecule has 0 spiro atoms. The number of pyridine rings is 1. The molecule has 2 aromatic rings. The molecule has 11 nitrogen and oxygen atoms in total. The minimum absolute atomic E-state index is 0.00263. The molecule has 4 rings (SSSR count). The summed E-state index contributed by atoms with van der Waals surface area (Å²) >= 11 is 5.52. The fraction of sp³-hybridized carbons (Fsp3) is 0.500. The second kappa shape index (κ2) is 14.5. The summed E-state index contributed by atoms with van der Waals surface area (Å²) in [7, 11) is 0. The third-order valence-electron chi connectivity index (χ3n) is 8.08. The number of alkyl halides is 3. The average Bonchev–Trinajstić information content (AvgIpc) is 3.55. The summed E-state index contributed by atoms with van der Waals surface area (Å²) in [5, 5.41) is 25.8. The largest absolute Gasteiger partial charge is 0.419 e. The molecule has 246 valence electrons. The molecular formula is C30H34F4N8O3S. The number of carbonyl (C=O) groups excluding carboxylic acids is 2. The van der Waals surface area contributed by atoms with Crippen molar-refractivity contribution in [3.63, 3.8) is 0 Å². The molecule has 1 aliphatic heterocycles. The van der Waals surface area contributed by atoms with Crippen LogP contribution in [0.1, 0.15) is 82.2 Å². The van der Waals surface area contributed by atoms with Gasteiger partial charge in [-0.1, -0.05) is 37.0 Å². The molecule has 46 heavy (non-hydrogen) atoms. The maximum absolute atomic E-state index is 15.4. The maximum atomic E-state index is 15.4. The van der Waals surface area contributed by atoms with E-state index in [-0.39, 0.29) is 29.7 Å². The lowest BCUT2D eigenvalue weighted by Crippen LogP contribution is -2.46. The van der Waals surface area contributed by atoms with Crippen LogP contribution in [0.5, 0.6) is 0 Å². The third kappa shape index (κ3) is 7.76. The van der Waals surface area contributed by atoms with Gasteiger partial charge in [0.25, 0.3) is 5.91 Å². The molecule has 1 unspecified atom stereocenters. The SMILES string of the molecule is CC1(C)C(=O)N(c2cnc(C#N)c(C(F)(F)F)c2)C(=S)N1CC1CC=C(c2cn(CCCCCCCCC(=O)NO)nn2)C=C1F. The molecule has 1 aliphatic carbocycles. The lowest BCUT2D eigenvalue weighted by Gasteiger charge is -2.33. The summed E-state index contributed by atoms with van der Waals surface area (Å²) in [6.45, 7) is 3.77. The first-order valence-electron chi connectivity index (χ1n) is 14.8. The number of halogens is 4. The van der Waals surface area contributed by atoms with Crippen molar-refractivity contribution in [1.29, 1.82) is 5.26 Å². The zero-order chi connectivity index (χ0) is 33.6. The van der Waals surface area contributed by atoms with Gasteiger partial charge in [-0.2, -0.15) is 18.4 Å². The summed E-state index contributed by atoms with van der Waals surface area (Å²) in [6.07, 6.45) is 7.09. The number of rotatable bonds is 13. The molecule has 0 aromatic carbocycles. The molecule has 0 bridgehead atoms. The second-order valence-corrected chi connectivity index (χ2v) is 12.1. The molecule has 0 saturated carbocycles. The van der Waals surface area contributed by atoms with Gasteiger partial charge in [0, 0.05) is 31.0 Å². The molecule has 16 heteroatoms. The first-order valence-corrected chi connectivity index (χ1v) is 15.2. The van der Waals surface area contributed by atoms with E-state index < -0.39 is 40.6 Å². The minimum Gasteiger partial charge on any atom is -0.334 e. The van der Waals surface area contributed by atoms with Crippen molar-refractivity contribution in [3.05, 3.63) is 53.4 Å². The van der Waals surface area contributed by atoms with E-state index in [1.807, 2.05) is 6.08 Å². The third-order valence-corrected chi connectivity index (χ3v) is 8.48. The fourth-order valence-electron chi connectivity index (χ4n) is 5.38. The van der Waals surface area contributed by atoms with Crippen molar-refractivity contribution < 1.29 is 32.4 Å². The van der Waals surface area contributed by atoms with Gasteiger partial charge in [0.15, 0.2) is 10.8 Å². The molecule has 2 aromatic heterocycles. The van der Waals surface area contributed by atoms with Gasteiger partial charge in [0.05, 0.1) is 23.6 Å². The molecule has 0 radical (unpaired) electrons. The number of amides is 2. The first-order chi connectivity index (χ1) is 21.8. The Morgan fingerprint density at radius 3 is 2.57 bits per heavy atom. The topological polar surface area (TPSA) is 140 Å². The lowest BCUT2D eigenvalue weighted by molar-refractivity contribution is -0.138. The number of hydrogen-bond acceptors (Lipinski definition) is 8. The number of allylic oxidation sites excluding steroid dienone is 3. The Bertz CT molecular complexity index is 1580. The van der Waals surface area contributed by atoms with Crippen molar-refractivity contribution in [3.8, 4) is 6.07 Å². The highest BCUT2D eigenvalue weighted by atomic mass is 32.1. The van der Waals surface area contributed by atoms with E-state index in [4.69, 9.17) is 22.7 Å². The molecule has 2 amide bonds. The number of anilines is 1. The van der Waals surface area contributed by atoms with Crippen LogP contribution in [-0.4, -0.2) is 59.1 Å². The Kier molecular flexibility index (Phi) is 10.9. The summed E-state index contributed by atoms with van der Waals surface area (Å²) < 4.78 is 57.8. The Morgan fingerprint density at radius 2 is 1.91 bits per heavy atom. The fourth-order valence-corrected chi connectivity index (χ4v) is 5.87. The summed E-state index contributed by atoms with van der Waals surface area (Å²) in [6, 6.07) is 2.08. The zero-order valence-electron chi connectivity index (χ0n) is 25.3. The van der Waals surface area contributed by atoms with E-state index in [9.17, 15) is 22.8 Å². The summed E-state index contributed by atoms with van der Waals surface area (Å²) in [4.78, 5) is 30.4. The Morgan fingerprint density at radius 1 is 1.22 bits per heavy atom. The predicted octanol–water partition coefficient (Wildman–Crippen LogP) is 5.47. The number of aromatic nitrogens is 4. The van der Waals surface area contributed by atoms with Crippen molar-refractivity contribution in [2.24, 2.45) is 5.92 Å². The van der Waals surface area contributed by atoms with Crippen molar-refractivity contribution in [2.75, 3.05) is 11.4 Å². The number of unbranched alkanes of at least 4 members (excludes halogenated alkanes) is 5. The van der Waals surface area contributed by atoms with E-state index in [1.165, 1.54) is 17.0 Å². The van der Waals surface area contributed by atoms with Gasteiger partial charge >= 0.3 is 6.18 Å². The Balaban J connectivity index is 1.34. The lowest BCUT2D eigenvalue weighted by atomic mass is 9.92. The molecule has 2 aliphatic rings. The van der Waals surface area contributed by atoms with E-state index in [0.717, 1.165) is 49.6 Å². The maximum Gasteiger partial charge on any atom is 0.419 e. The van der Waals surface area contributed by atoms with Gasteiger partial charge in [-0.05, 0) is 57.5 Å².